The number of halogens is 1. The minimum absolute atomic E-state index is 0.122. The van der Waals surface area contributed by atoms with Gasteiger partial charge in [-0.25, -0.2) is 9.18 Å². The van der Waals surface area contributed by atoms with E-state index in [9.17, 15) is 9.18 Å². The Morgan fingerprint density at radius 2 is 2.35 bits per heavy atom. The van der Waals surface area contributed by atoms with E-state index in [1.54, 1.807) is 0 Å². The first kappa shape index (κ1) is 14.6. The highest BCUT2D eigenvalue weighted by atomic mass is 19.1. The average Bonchev–Trinajstić information content (AvgIpc) is 2.91. The van der Waals surface area contributed by atoms with Gasteiger partial charge >= 0.3 is 5.97 Å². The Kier molecular flexibility index (Phi) is 4.44. The summed E-state index contributed by atoms with van der Waals surface area (Å²) in [5, 5.41) is 8.88. The molecule has 5 nitrogen and oxygen atoms in total. The zero-order valence-electron chi connectivity index (χ0n) is 11.4. The molecule has 3 N–H and O–H groups in total. The lowest BCUT2D eigenvalue weighted by Gasteiger charge is -2.27. The number of aromatic carboxylic acids is 1. The van der Waals surface area contributed by atoms with Crippen LogP contribution in [0.3, 0.4) is 0 Å². The summed E-state index contributed by atoms with van der Waals surface area (Å²) in [6.45, 7) is 3.98. The van der Waals surface area contributed by atoms with E-state index in [-0.39, 0.29) is 11.8 Å². The van der Waals surface area contributed by atoms with Crippen LogP contribution >= 0.6 is 0 Å². The molecule has 1 aromatic carbocycles. The van der Waals surface area contributed by atoms with E-state index >= 15 is 0 Å². The van der Waals surface area contributed by atoms with Gasteiger partial charge < -0.3 is 20.5 Å². The van der Waals surface area contributed by atoms with Gasteiger partial charge in [-0.15, -0.1) is 0 Å². The van der Waals surface area contributed by atoms with Crippen LogP contribution in [0.25, 0.3) is 0 Å². The SMILES string of the molecule is CCN(CC1CCCO1)c1cc(F)c(C(=O)O)cc1N. The van der Waals surface area contributed by atoms with E-state index < -0.39 is 17.3 Å². The van der Waals surface area contributed by atoms with E-state index in [1.807, 2.05) is 11.8 Å². The molecular formula is C14H19FN2O3. The van der Waals surface area contributed by atoms with Crippen LogP contribution in [0.1, 0.15) is 30.1 Å². The van der Waals surface area contributed by atoms with E-state index in [1.165, 1.54) is 12.1 Å². The van der Waals surface area contributed by atoms with E-state index in [2.05, 4.69) is 0 Å². The lowest BCUT2D eigenvalue weighted by Crippen LogP contribution is -2.32. The molecule has 0 saturated carbocycles. The summed E-state index contributed by atoms with van der Waals surface area (Å²) in [6, 6.07) is 2.36. The first-order chi connectivity index (χ1) is 9.52. The van der Waals surface area contributed by atoms with Gasteiger partial charge in [-0.3, -0.25) is 0 Å². The predicted octanol–water partition coefficient (Wildman–Crippen LogP) is 2.11. The minimum Gasteiger partial charge on any atom is -0.478 e. The number of hydrogen-bond donors (Lipinski definition) is 2. The van der Waals surface area contributed by atoms with Gasteiger partial charge in [0.2, 0.25) is 0 Å². The van der Waals surface area contributed by atoms with Crippen molar-refractivity contribution in [3.8, 4) is 0 Å². The predicted molar refractivity (Wildman–Crippen MR) is 74.6 cm³/mol. The van der Waals surface area contributed by atoms with Crippen molar-refractivity contribution in [2.45, 2.75) is 25.9 Å². The molecule has 0 aliphatic carbocycles. The summed E-state index contributed by atoms with van der Waals surface area (Å²) < 4.78 is 19.4. The van der Waals surface area contributed by atoms with Crippen molar-refractivity contribution in [2.24, 2.45) is 0 Å². The lowest BCUT2D eigenvalue weighted by atomic mass is 10.1. The molecule has 0 spiro atoms. The topological polar surface area (TPSA) is 75.8 Å². The molecule has 110 valence electrons. The van der Waals surface area contributed by atoms with E-state index in [0.717, 1.165) is 19.4 Å². The molecule has 0 amide bonds. The van der Waals surface area contributed by atoms with Crippen LogP contribution in [0.15, 0.2) is 12.1 Å². The molecule has 1 unspecified atom stereocenters. The summed E-state index contributed by atoms with van der Waals surface area (Å²) in [6.07, 6.45) is 2.13. The first-order valence-corrected chi connectivity index (χ1v) is 6.71. The zero-order chi connectivity index (χ0) is 14.7. The molecule has 0 radical (unpaired) electrons. The van der Waals surface area contributed by atoms with Crippen molar-refractivity contribution in [1.29, 1.82) is 0 Å². The van der Waals surface area contributed by atoms with Crippen molar-refractivity contribution in [1.82, 2.24) is 0 Å². The van der Waals surface area contributed by atoms with E-state index in [4.69, 9.17) is 15.6 Å². The molecule has 2 rings (SSSR count). The summed E-state index contributed by atoms with van der Waals surface area (Å²) in [7, 11) is 0. The molecule has 0 bridgehead atoms. The van der Waals surface area contributed by atoms with Gasteiger partial charge in [0.1, 0.15) is 5.82 Å². The van der Waals surface area contributed by atoms with Crippen molar-refractivity contribution < 1.29 is 19.0 Å². The molecule has 1 saturated heterocycles. The molecule has 1 aliphatic rings. The third kappa shape index (κ3) is 3.01. The number of nitrogens with two attached hydrogens (primary N) is 1. The maximum Gasteiger partial charge on any atom is 0.338 e. The molecule has 0 aromatic heterocycles. The van der Waals surface area contributed by atoms with Crippen molar-refractivity contribution in [2.75, 3.05) is 30.3 Å². The second-order valence-corrected chi connectivity index (χ2v) is 4.87. The van der Waals surface area contributed by atoms with Crippen molar-refractivity contribution in [3.63, 3.8) is 0 Å². The number of ether oxygens (including phenoxy) is 1. The van der Waals surface area contributed by atoms with Gasteiger partial charge in [-0.2, -0.15) is 0 Å². The molecule has 1 aliphatic heterocycles. The van der Waals surface area contributed by atoms with E-state index in [0.29, 0.717) is 18.8 Å². The third-order valence-electron chi connectivity index (χ3n) is 3.52. The Bertz CT molecular complexity index is 501. The molecule has 1 fully saturated rings. The van der Waals surface area contributed by atoms with Gasteiger partial charge in [0.15, 0.2) is 0 Å². The van der Waals surface area contributed by atoms with Gasteiger partial charge in [0, 0.05) is 25.8 Å². The Hall–Kier alpha value is -1.82. The van der Waals surface area contributed by atoms with Crippen LogP contribution < -0.4 is 10.6 Å². The fraction of sp³-hybridized carbons (Fsp3) is 0.500. The second-order valence-electron chi connectivity index (χ2n) is 4.87. The van der Waals surface area contributed by atoms with Gasteiger partial charge in [-0.1, -0.05) is 0 Å². The number of carboxylic acids is 1. The number of nitrogens with zero attached hydrogens (tertiary/aromatic N) is 1. The fourth-order valence-electron chi connectivity index (χ4n) is 2.45. The minimum atomic E-state index is -1.32. The smallest absolute Gasteiger partial charge is 0.338 e. The van der Waals surface area contributed by atoms with Gasteiger partial charge in [-0.05, 0) is 25.8 Å². The Morgan fingerprint density at radius 1 is 1.60 bits per heavy atom. The number of rotatable bonds is 5. The summed E-state index contributed by atoms with van der Waals surface area (Å²) in [5.41, 5.74) is 6.25. The number of nitrogen functional groups attached to an aromatic ring is 1. The number of benzene rings is 1. The quantitative estimate of drug-likeness (QED) is 0.809. The van der Waals surface area contributed by atoms with Crippen molar-refractivity contribution >= 4 is 17.3 Å². The maximum atomic E-state index is 13.8. The molecule has 6 heteroatoms. The summed E-state index contributed by atoms with van der Waals surface area (Å²) in [5.74, 6) is -2.09. The number of likely N-dealkylation sites (N-methyl/N-ethyl adjacent to an activating group) is 1. The number of carboxylic acid groups (broad SMARTS) is 1. The second kappa shape index (κ2) is 6.09. The standard InChI is InChI=1S/C14H19FN2O3/c1-2-17(8-9-4-3-5-20-9)13-7-11(15)10(14(18)19)6-12(13)16/h6-7,9H,2-5,8,16H2,1H3,(H,18,19). The first-order valence-electron chi connectivity index (χ1n) is 6.71. The highest BCUT2D eigenvalue weighted by Gasteiger charge is 2.22. The number of hydrogen-bond acceptors (Lipinski definition) is 4. The normalized spacial score (nSPS) is 18.2. The summed E-state index contributed by atoms with van der Waals surface area (Å²) in [4.78, 5) is 12.8. The number of anilines is 2. The molecular weight excluding hydrogens is 263 g/mol. The van der Waals surface area contributed by atoms with Crippen LogP contribution in [-0.4, -0.2) is 36.9 Å². The van der Waals surface area contributed by atoms with Gasteiger partial charge in [0.05, 0.1) is 23.0 Å². The largest absolute Gasteiger partial charge is 0.478 e. The van der Waals surface area contributed by atoms with Crippen LogP contribution in [0, 0.1) is 5.82 Å². The summed E-state index contributed by atoms with van der Waals surface area (Å²) >= 11 is 0. The molecule has 20 heavy (non-hydrogen) atoms. The number of carbonyl (C=O) groups is 1. The Labute approximate surface area is 117 Å². The highest BCUT2D eigenvalue weighted by Crippen LogP contribution is 2.28. The molecule has 1 heterocycles. The Balaban J connectivity index is 2.24. The maximum absolute atomic E-state index is 13.8. The Morgan fingerprint density at radius 3 is 2.90 bits per heavy atom. The van der Waals surface area contributed by atoms with Gasteiger partial charge in [0.25, 0.3) is 0 Å². The average molecular weight is 282 g/mol. The van der Waals surface area contributed by atoms with Crippen molar-refractivity contribution in [3.05, 3.63) is 23.5 Å². The fourth-order valence-corrected chi connectivity index (χ4v) is 2.45. The lowest BCUT2D eigenvalue weighted by molar-refractivity contribution is 0.0692. The van der Waals surface area contributed by atoms with Crippen LogP contribution in [0.4, 0.5) is 15.8 Å². The zero-order valence-corrected chi connectivity index (χ0v) is 11.4. The molecule has 1 aromatic rings. The van der Waals surface area contributed by atoms with Crippen LogP contribution in [0.5, 0.6) is 0 Å². The molecule has 1 atom stereocenters. The third-order valence-corrected chi connectivity index (χ3v) is 3.52. The highest BCUT2D eigenvalue weighted by molar-refractivity contribution is 5.90. The van der Waals surface area contributed by atoms with Crippen LogP contribution in [0.2, 0.25) is 0 Å². The monoisotopic (exact) mass is 282 g/mol. The van der Waals surface area contributed by atoms with Crippen LogP contribution in [-0.2, 0) is 4.74 Å².